The van der Waals surface area contributed by atoms with Crippen molar-refractivity contribution in [1.29, 1.82) is 5.16 Å². The maximum absolute atomic E-state index is 10.9. The van der Waals surface area contributed by atoms with Gasteiger partial charge in [0.25, 0.3) is 0 Å². The smallest absolute Gasteiger partial charge is 0.357 e. The Hall–Kier alpha value is 0.260. The first-order chi connectivity index (χ1) is 5.62. The Kier molecular flexibility index (Phi) is 3.86. The van der Waals surface area contributed by atoms with Crippen LogP contribution in [-0.4, -0.2) is 31.8 Å². The Balaban J connectivity index is 5.45. The predicted octanol–water partition coefficient (Wildman–Crippen LogP) is 0.469. The second-order valence-corrected chi connectivity index (χ2v) is 6.53. The molecule has 0 aromatic heterocycles. The molecule has 5 N–H and O–H groups in total. The van der Waals surface area contributed by atoms with Crippen LogP contribution in [0.1, 0.15) is 13.3 Å². The molecule has 1 atom stereocenters. The van der Waals surface area contributed by atoms with E-state index in [0.717, 1.165) is 7.11 Å². The third kappa shape index (κ3) is 2.19. The minimum Gasteiger partial charge on any atom is -0.357 e. The maximum atomic E-state index is 10.9. The van der Waals surface area contributed by atoms with E-state index in [1.807, 2.05) is 0 Å². The fourth-order valence-corrected chi connectivity index (χ4v) is 3.80. The van der Waals surface area contributed by atoms with Crippen LogP contribution in [0, 0.1) is 5.16 Å². The molecule has 0 aliphatic rings. The molecule has 13 heavy (non-hydrogen) atoms. The van der Waals surface area contributed by atoms with Gasteiger partial charge in [0.05, 0.1) is 0 Å². The highest BCUT2D eigenvalue weighted by molar-refractivity contribution is 7.72. The van der Waals surface area contributed by atoms with Gasteiger partial charge in [0.2, 0.25) is 12.6 Å². The quantitative estimate of drug-likeness (QED) is 0.448. The second-order valence-electron chi connectivity index (χ2n) is 2.45. The van der Waals surface area contributed by atoms with Gasteiger partial charge in [-0.1, -0.05) is 6.92 Å². The highest BCUT2D eigenvalue weighted by Crippen LogP contribution is 2.71. The SMILES string of the molecule is CCC(OC)(P(=N)(O)O)P(=O)(O)O. The molecule has 0 aliphatic heterocycles. The molecule has 0 saturated heterocycles. The zero-order valence-corrected chi connectivity index (χ0v) is 9.00. The summed E-state index contributed by atoms with van der Waals surface area (Å²) in [5.41, 5.74) is 0. The average molecular weight is 233 g/mol. The van der Waals surface area contributed by atoms with E-state index in [2.05, 4.69) is 4.74 Å². The third-order valence-corrected chi connectivity index (χ3v) is 6.23. The molecule has 0 amide bonds. The van der Waals surface area contributed by atoms with Crippen molar-refractivity contribution in [2.45, 2.75) is 18.4 Å². The summed E-state index contributed by atoms with van der Waals surface area (Å²) in [6.07, 6.45) is -0.349. The van der Waals surface area contributed by atoms with Crippen molar-refractivity contribution in [3.05, 3.63) is 0 Å². The number of methoxy groups -OCH3 is 1. The summed E-state index contributed by atoms with van der Waals surface area (Å²) < 4.78 is 15.3. The van der Waals surface area contributed by atoms with E-state index in [1.54, 1.807) is 0 Å². The lowest BCUT2D eigenvalue weighted by Gasteiger charge is -2.34. The summed E-state index contributed by atoms with van der Waals surface area (Å²) in [6, 6.07) is 0. The van der Waals surface area contributed by atoms with Gasteiger partial charge in [-0.05, 0) is 6.42 Å². The van der Waals surface area contributed by atoms with Crippen LogP contribution in [0.15, 0.2) is 0 Å². The second kappa shape index (κ2) is 3.79. The lowest BCUT2D eigenvalue weighted by atomic mass is 10.5. The van der Waals surface area contributed by atoms with Crippen LogP contribution in [0.4, 0.5) is 0 Å². The minimum atomic E-state index is -4.89. The van der Waals surface area contributed by atoms with E-state index in [0.29, 0.717) is 0 Å². The van der Waals surface area contributed by atoms with Crippen LogP contribution in [-0.2, 0) is 9.30 Å². The normalized spacial score (nSPS) is 18.3. The zero-order chi connectivity index (χ0) is 10.9. The van der Waals surface area contributed by atoms with E-state index < -0.39 is 20.2 Å². The van der Waals surface area contributed by atoms with Crippen molar-refractivity contribution < 1.29 is 28.9 Å². The standard InChI is InChI=1S/C4H13NO6P2/c1-3-4(11-2,12(5,6)7)13(8,9)10/h3H2,1-2H3,(H3,5,6,7)(H2,8,9,10). The lowest BCUT2D eigenvalue weighted by Crippen LogP contribution is -2.30. The molecule has 0 heterocycles. The number of ether oxygens (including phenoxy) is 1. The molecule has 7 nitrogen and oxygen atoms in total. The first-order valence-corrected chi connectivity index (χ1v) is 6.63. The first kappa shape index (κ1) is 13.3. The summed E-state index contributed by atoms with van der Waals surface area (Å²) in [5, 5.41) is 4.41. The van der Waals surface area contributed by atoms with Gasteiger partial charge in [0.1, 0.15) is 0 Å². The molecule has 0 aromatic rings. The van der Waals surface area contributed by atoms with E-state index in [-0.39, 0.29) is 6.42 Å². The molecule has 0 radical (unpaired) electrons. The first-order valence-electron chi connectivity index (χ1n) is 3.33. The van der Waals surface area contributed by atoms with Gasteiger partial charge in [-0.25, -0.2) is 0 Å². The van der Waals surface area contributed by atoms with Crippen molar-refractivity contribution in [1.82, 2.24) is 0 Å². The zero-order valence-electron chi connectivity index (χ0n) is 7.21. The average Bonchev–Trinajstić information content (AvgIpc) is 1.84. The largest absolute Gasteiger partial charge is 0.367 e. The van der Waals surface area contributed by atoms with Crippen molar-refractivity contribution in [2.75, 3.05) is 7.11 Å². The Bertz CT molecular complexity index is 238. The van der Waals surface area contributed by atoms with Gasteiger partial charge < -0.3 is 24.3 Å². The molecule has 0 rings (SSSR count). The number of rotatable bonds is 4. The van der Waals surface area contributed by atoms with Gasteiger partial charge in [0.15, 0.2) is 0 Å². The van der Waals surface area contributed by atoms with E-state index >= 15 is 0 Å². The maximum Gasteiger partial charge on any atom is 0.367 e. The van der Waals surface area contributed by atoms with Crippen LogP contribution in [0.25, 0.3) is 0 Å². The molecule has 0 saturated carbocycles. The Morgan fingerprint density at radius 1 is 1.38 bits per heavy atom. The summed E-state index contributed by atoms with van der Waals surface area (Å²) in [7, 11) is -8.47. The molecule has 0 bridgehead atoms. The molecule has 0 spiro atoms. The van der Waals surface area contributed by atoms with Gasteiger partial charge in [-0.3, -0.25) is 9.73 Å². The van der Waals surface area contributed by atoms with Crippen molar-refractivity contribution >= 4 is 15.1 Å². The third-order valence-electron chi connectivity index (χ3n) is 1.73. The highest BCUT2D eigenvalue weighted by Gasteiger charge is 2.56. The van der Waals surface area contributed by atoms with Gasteiger partial charge in [-0.15, -0.1) is 0 Å². The van der Waals surface area contributed by atoms with E-state index in [1.165, 1.54) is 6.92 Å². The van der Waals surface area contributed by atoms with Crippen LogP contribution in [0.2, 0.25) is 0 Å². The summed E-state index contributed by atoms with van der Waals surface area (Å²) in [4.78, 5) is 35.6. The van der Waals surface area contributed by atoms with Gasteiger partial charge in [-0.2, -0.15) is 0 Å². The summed E-state index contributed by atoms with van der Waals surface area (Å²) >= 11 is 0. The molecular formula is C4H13NO6P2. The van der Waals surface area contributed by atoms with Gasteiger partial charge >= 0.3 is 7.60 Å². The van der Waals surface area contributed by atoms with Crippen molar-refractivity contribution in [2.24, 2.45) is 0 Å². The van der Waals surface area contributed by atoms with Crippen LogP contribution in [0.5, 0.6) is 0 Å². The molecular weight excluding hydrogens is 220 g/mol. The van der Waals surface area contributed by atoms with E-state index in [4.69, 9.17) is 24.7 Å². The number of hydrogen-bond acceptors (Lipinski definition) is 3. The van der Waals surface area contributed by atoms with Gasteiger partial charge in [0, 0.05) is 7.11 Å². The van der Waals surface area contributed by atoms with Crippen molar-refractivity contribution in [3.8, 4) is 0 Å². The molecule has 1 unspecified atom stereocenters. The Morgan fingerprint density at radius 2 is 1.77 bits per heavy atom. The van der Waals surface area contributed by atoms with Crippen LogP contribution < -0.4 is 0 Å². The van der Waals surface area contributed by atoms with E-state index in [9.17, 15) is 4.57 Å². The summed E-state index contributed by atoms with van der Waals surface area (Å²) in [6.45, 7) is 1.30. The molecule has 0 aliphatic carbocycles. The highest BCUT2D eigenvalue weighted by atomic mass is 31.2. The number of nitrogens with one attached hydrogen (secondary N) is 1. The fraction of sp³-hybridized carbons (Fsp3) is 1.00. The van der Waals surface area contributed by atoms with Crippen LogP contribution >= 0.6 is 15.1 Å². The predicted molar refractivity (Wildman–Crippen MR) is 46.2 cm³/mol. The lowest BCUT2D eigenvalue weighted by molar-refractivity contribution is 0.0826. The number of hydrogen-bond donors (Lipinski definition) is 5. The topological polar surface area (TPSA) is 131 Å². The monoisotopic (exact) mass is 233 g/mol. The molecule has 80 valence electrons. The summed E-state index contributed by atoms with van der Waals surface area (Å²) in [5.74, 6) is 0. The molecule has 0 aromatic carbocycles. The Morgan fingerprint density at radius 3 is 1.77 bits per heavy atom. The minimum absolute atomic E-state index is 0.349. The molecule has 0 fully saturated rings. The van der Waals surface area contributed by atoms with Crippen molar-refractivity contribution in [3.63, 3.8) is 0 Å². The molecule has 9 heteroatoms. The fourth-order valence-electron chi connectivity index (χ4n) is 0.999. The Labute approximate surface area is 75.5 Å². The van der Waals surface area contributed by atoms with Crippen LogP contribution in [0.3, 0.4) is 0 Å².